The molecule has 0 aliphatic rings. The molecule has 2 aromatic rings. The van der Waals surface area contributed by atoms with E-state index < -0.39 is 21.7 Å². The van der Waals surface area contributed by atoms with Crippen LogP contribution in [0.15, 0.2) is 27.2 Å². The lowest BCUT2D eigenvalue weighted by Crippen LogP contribution is -2.30. The number of hydrogen-bond acceptors (Lipinski definition) is 6. The summed E-state index contributed by atoms with van der Waals surface area (Å²) in [6.45, 7) is 1.75. The van der Waals surface area contributed by atoms with Gasteiger partial charge < -0.3 is 5.11 Å². The number of rotatable bonds is 5. The van der Waals surface area contributed by atoms with Crippen LogP contribution in [0.25, 0.3) is 0 Å². The van der Waals surface area contributed by atoms with Gasteiger partial charge in [0.1, 0.15) is 0 Å². The van der Waals surface area contributed by atoms with E-state index in [1.54, 1.807) is 6.92 Å². The SMILES string of the molecule is CC(c1cccs1)N(C)S(=O)(=O)c1scnc1C(=O)O. The summed E-state index contributed by atoms with van der Waals surface area (Å²) in [5.41, 5.74) is 0.792. The highest BCUT2D eigenvalue weighted by Gasteiger charge is 2.32. The first-order valence-corrected chi connectivity index (χ1v) is 8.74. The topological polar surface area (TPSA) is 87.6 Å². The highest BCUT2D eigenvalue weighted by atomic mass is 32.2. The van der Waals surface area contributed by atoms with Crippen LogP contribution in [-0.4, -0.2) is 35.8 Å². The Labute approximate surface area is 124 Å². The molecule has 0 amide bonds. The fraction of sp³-hybridized carbons (Fsp3) is 0.273. The maximum Gasteiger partial charge on any atom is 0.356 e. The third-order valence-corrected chi connectivity index (χ3v) is 7.17. The molecule has 1 atom stereocenters. The molecule has 0 aliphatic heterocycles. The summed E-state index contributed by atoms with van der Waals surface area (Å²) in [6, 6.07) is 3.31. The number of nitrogens with zero attached hydrogens (tertiary/aromatic N) is 2. The Morgan fingerprint density at radius 2 is 2.15 bits per heavy atom. The summed E-state index contributed by atoms with van der Waals surface area (Å²) < 4.78 is 25.9. The molecule has 108 valence electrons. The summed E-state index contributed by atoms with van der Waals surface area (Å²) in [6.07, 6.45) is 0. The summed E-state index contributed by atoms with van der Waals surface area (Å²) in [5, 5.41) is 10.8. The van der Waals surface area contributed by atoms with Gasteiger partial charge in [0.05, 0.1) is 11.6 Å². The third-order valence-electron chi connectivity index (χ3n) is 2.85. The molecule has 20 heavy (non-hydrogen) atoms. The van der Waals surface area contributed by atoms with Gasteiger partial charge in [0.15, 0.2) is 9.90 Å². The van der Waals surface area contributed by atoms with E-state index in [0.717, 1.165) is 16.2 Å². The zero-order chi connectivity index (χ0) is 14.9. The number of carbonyl (C=O) groups is 1. The Kier molecular flexibility index (Phi) is 4.23. The molecule has 0 spiro atoms. The number of carboxylic acid groups (broad SMARTS) is 1. The number of sulfonamides is 1. The van der Waals surface area contributed by atoms with Crippen LogP contribution in [0.2, 0.25) is 0 Å². The molecule has 2 rings (SSSR count). The van der Waals surface area contributed by atoms with Gasteiger partial charge in [0.2, 0.25) is 0 Å². The van der Waals surface area contributed by atoms with E-state index in [0.29, 0.717) is 0 Å². The molecular formula is C11H12N2O4S3. The normalized spacial score (nSPS) is 13.6. The highest BCUT2D eigenvalue weighted by Crippen LogP contribution is 2.31. The van der Waals surface area contributed by atoms with Crippen LogP contribution < -0.4 is 0 Å². The molecule has 6 nitrogen and oxygen atoms in total. The van der Waals surface area contributed by atoms with E-state index in [2.05, 4.69) is 4.98 Å². The van der Waals surface area contributed by atoms with Crippen molar-refractivity contribution in [3.63, 3.8) is 0 Å². The molecule has 2 heterocycles. The van der Waals surface area contributed by atoms with Crippen molar-refractivity contribution in [2.45, 2.75) is 17.2 Å². The zero-order valence-electron chi connectivity index (χ0n) is 10.7. The van der Waals surface area contributed by atoms with Gasteiger partial charge in [-0.05, 0) is 18.4 Å². The van der Waals surface area contributed by atoms with Crippen molar-refractivity contribution in [3.05, 3.63) is 33.6 Å². The number of carboxylic acids is 1. The van der Waals surface area contributed by atoms with Crippen LogP contribution in [0, 0.1) is 0 Å². The maximum absolute atomic E-state index is 12.5. The molecule has 1 N–H and O–H groups in total. The Morgan fingerprint density at radius 3 is 2.70 bits per heavy atom. The van der Waals surface area contributed by atoms with E-state index >= 15 is 0 Å². The molecule has 9 heteroatoms. The van der Waals surface area contributed by atoms with Crippen LogP contribution in [0.4, 0.5) is 0 Å². The van der Waals surface area contributed by atoms with Gasteiger partial charge in [0.25, 0.3) is 10.0 Å². The summed E-state index contributed by atoms with van der Waals surface area (Å²) in [4.78, 5) is 15.5. The fourth-order valence-corrected chi connectivity index (χ4v) is 5.15. The minimum Gasteiger partial charge on any atom is -0.476 e. The molecule has 0 aliphatic carbocycles. The van der Waals surface area contributed by atoms with Crippen molar-refractivity contribution in [1.82, 2.24) is 9.29 Å². The largest absolute Gasteiger partial charge is 0.476 e. The summed E-state index contributed by atoms with van der Waals surface area (Å²) >= 11 is 2.26. The van der Waals surface area contributed by atoms with Crippen LogP contribution >= 0.6 is 22.7 Å². The Bertz CT molecular complexity index is 706. The highest BCUT2D eigenvalue weighted by molar-refractivity contribution is 7.91. The quantitative estimate of drug-likeness (QED) is 0.907. The smallest absolute Gasteiger partial charge is 0.356 e. The molecule has 1 unspecified atom stereocenters. The van der Waals surface area contributed by atoms with Crippen molar-refractivity contribution in [2.75, 3.05) is 7.05 Å². The van der Waals surface area contributed by atoms with Crippen molar-refractivity contribution in [3.8, 4) is 0 Å². The first kappa shape index (κ1) is 15.1. The van der Waals surface area contributed by atoms with Gasteiger partial charge >= 0.3 is 5.97 Å². The number of aromatic carboxylic acids is 1. The van der Waals surface area contributed by atoms with Crippen LogP contribution in [-0.2, 0) is 10.0 Å². The number of hydrogen-bond donors (Lipinski definition) is 1. The fourth-order valence-electron chi connectivity index (χ4n) is 1.61. The van der Waals surface area contributed by atoms with Crippen LogP contribution in [0.5, 0.6) is 0 Å². The van der Waals surface area contributed by atoms with E-state index in [1.165, 1.54) is 28.2 Å². The van der Waals surface area contributed by atoms with Crippen molar-refractivity contribution in [1.29, 1.82) is 0 Å². The lowest BCUT2D eigenvalue weighted by atomic mass is 10.3. The molecule has 0 bridgehead atoms. The van der Waals surface area contributed by atoms with E-state index in [-0.39, 0.29) is 10.3 Å². The van der Waals surface area contributed by atoms with Crippen molar-refractivity contribution < 1.29 is 18.3 Å². The van der Waals surface area contributed by atoms with Crippen LogP contribution in [0.1, 0.15) is 28.3 Å². The van der Waals surface area contributed by atoms with E-state index in [1.807, 2.05) is 17.5 Å². The lowest BCUT2D eigenvalue weighted by molar-refractivity contribution is 0.0687. The van der Waals surface area contributed by atoms with Crippen molar-refractivity contribution >= 4 is 38.7 Å². The van der Waals surface area contributed by atoms with Crippen molar-refractivity contribution in [2.24, 2.45) is 0 Å². The molecule has 0 saturated carbocycles. The molecule has 2 aromatic heterocycles. The first-order valence-electron chi connectivity index (χ1n) is 5.54. The molecule has 0 aromatic carbocycles. The average Bonchev–Trinajstić information content (AvgIpc) is 3.07. The minimum absolute atomic E-state index is 0.240. The number of aromatic nitrogens is 1. The molecule has 0 saturated heterocycles. The van der Waals surface area contributed by atoms with E-state index in [4.69, 9.17) is 5.11 Å². The molecule has 0 fully saturated rings. The second-order valence-electron chi connectivity index (χ2n) is 4.01. The standard InChI is InChI=1S/C11H12N2O4S3/c1-7(8-4-3-5-18-8)13(2)20(16,17)11-9(10(14)15)12-6-19-11/h3-7H,1-2H3,(H,14,15). The van der Waals surface area contributed by atoms with Gasteiger partial charge in [0, 0.05) is 11.9 Å². The summed E-state index contributed by atoms with van der Waals surface area (Å²) in [7, 11) is -2.45. The predicted octanol–water partition coefficient (Wildman–Crippen LogP) is 2.28. The predicted molar refractivity (Wildman–Crippen MR) is 76.8 cm³/mol. The monoisotopic (exact) mass is 332 g/mol. The lowest BCUT2D eigenvalue weighted by Gasteiger charge is -2.22. The summed E-state index contributed by atoms with van der Waals surface area (Å²) in [5.74, 6) is -1.35. The van der Waals surface area contributed by atoms with Gasteiger partial charge in [-0.1, -0.05) is 6.07 Å². The second kappa shape index (κ2) is 5.60. The van der Waals surface area contributed by atoms with Gasteiger partial charge in [-0.15, -0.1) is 22.7 Å². The van der Waals surface area contributed by atoms with E-state index in [9.17, 15) is 13.2 Å². The van der Waals surface area contributed by atoms with Gasteiger partial charge in [-0.25, -0.2) is 18.2 Å². The Balaban J connectivity index is 2.39. The number of thiazole rings is 1. The first-order chi connectivity index (χ1) is 9.35. The molecular weight excluding hydrogens is 320 g/mol. The number of thiophene rings is 1. The van der Waals surface area contributed by atoms with Gasteiger partial charge in [-0.2, -0.15) is 4.31 Å². The third kappa shape index (κ3) is 2.62. The Morgan fingerprint density at radius 1 is 1.45 bits per heavy atom. The zero-order valence-corrected chi connectivity index (χ0v) is 13.1. The minimum atomic E-state index is -3.88. The van der Waals surface area contributed by atoms with Gasteiger partial charge in [-0.3, -0.25) is 0 Å². The average molecular weight is 332 g/mol. The Hall–Kier alpha value is -1.29. The second-order valence-corrected chi connectivity index (χ2v) is 8.03. The van der Waals surface area contributed by atoms with Crippen LogP contribution in [0.3, 0.4) is 0 Å². The molecule has 0 radical (unpaired) electrons. The maximum atomic E-state index is 12.5.